The van der Waals surface area contributed by atoms with Crippen molar-refractivity contribution in [3.05, 3.63) is 75.2 Å². The summed E-state index contributed by atoms with van der Waals surface area (Å²) in [6, 6.07) is 4.08. The molecule has 0 bridgehead atoms. The Kier molecular flexibility index (Phi) is 6.28. The molecule has 0 radical (unpaired) electrons. The van der Waals surface area contributed by atoms with E-state index < -0.39 is 0 Å². The van der Waals surface area contributed by atoms with Crippen LogP contribution in [0.3, 0.4) is 0 Å². The van der Waals surface area contributed by atoms with Crippen LogP contribution in [0.15, 0.2) is 80.5 Å². The second kappa shape index (κ2) is 8.43. The molecular formula is C26H32N2OS. The first kappa shape index (κ1) is 22.4. The van der Waals surface area contributed by atoms with Crippen LogP contribution in [0.2, 0.25) is 0 Å². The van der Waals surface area contributed by atoms with E-state index >= 15 is 0 Å². The predicted molar refractivity (Wildman–Crippen MR) is 127 cm³/mol. The molecule has 0 fully saturated rings. The summed E-state index contributed by atoms with van der Waals surface area (Å²) in [7, 11) is 0. The number of allylic oxidation sites excluding steroid dienone is 8. The number of azo groups is 1. The van der Waals surface area contributed by atoms with Crippen molar-refractivity contribution in [3.8, 4) is 0 Å². The standard InChI is InChI=1S/C26H32N2OS/c1-17-10-12-19(13-11-17)27-28-23(22-9-8-14-30-22)18-15-20(25(2,3)4)24(29)21(16-18)26(5,6)7/h8-10,12-17H,11H2,1-7H3. The third-order valence-corrected chi connectivity index (χ3v) is 6.17. The van der Waals surface area contributed by atoms with Crippen molar-refractivity contribution < 1.29 is 4.79 Å². The molecule has 1 heterocycles. The van der Waals surface area contributed by atoms with Crippen LogP contribution >= 0.6 is 11.3 Å². The first-order chi connectivity index (χ1) is 14.0. The zero-order valence-corrected chi connectivity index (χ0v) is 19.9. The van der Waals surface area contributed by atoms with E-state index in [2.05, 4.69) is 71.8 Å². The van der Waals surface area contributed by atoms with Crippen LogP contribution in [0.1, 0.15) is 59.8 Å². The van der Waals surface area contributed by atoms with Crippen LogP contribution in [0.4, 0.5) is 0 Å². The van der Waals surface area contributed by atoms with Crippen LogP contribution in [0, 0.1) is 16.7 Å². The lowest BCUT2D eigenvalue weighted by molar-refractivity contribution is -0.114. The van der Waals surface area contributed by atoms with Gasteiger partial charge in [0, 0.05) is 16.7 Å². The van der Waals surface area contributed by atoms with E-state index in [-0.39, 0.29) is 16.6 Å². The smallest absolute Gasteiger partial charge is 0.186 e. The normalized spacial score (nSPS) is 20.4. The lowest BCUT2D eigenvalue weighted by Crippen LogP contribution is -2.28. The van der Waals surface area contributed by atoms with Crippen LogP contribution in [-0.4, -0.2) is 5.78 Å². The van der Waals surface area contributed by atoms with Crippen LogP contribution in [0.25, 0.3) is 5.70 Å². The van der Waals surface area contributed by atoms with Crippen molar-refractivity contribution in [1.29, 1.82) is 0 Å². The Morgan fingerprint density at radius 2 is 1.70 bits per heavy atom. The van der Waals surface area contributed by atoms with Gasteiger partial charge in [-0.15, -0.1) is 16.5 Å². The van der Waals surface area contributed by atoms with Crippen molar-refractivity contribution in [1.82, 2.24) is 0 Å². The number of carbonyl (C=O) groups excluding carboxylic acids is 1. The maximum Gasteiger partial charge on any atom is 0.186 e. The number of Topliss-reactive ketones (excluding diaryl/α,β-unsaturated/α-hetero) is 1. The molecule has 0 saturated heterocycles. The van der Waals surface area contributed by atoms with Gasteiger partial charge in [0.15, 0.2) is 5.78 Å². The Labute approximate surface area is 184 Å². The molecule has 1 unspecified atom stereocenters. The Balaban J connectivity index is 2.18. The molecule has 1 atom stereocenters. The molecule has 2 aliphatic rings. The monoisotopic (exact) mass is 420 g/mol. The molecule has 0 amide bonds. The average molecular weight is 421 g/mol. The van der Waals surface area contributed by atoms with Gasteiger partial charge < -0.3 is 0 Å². The van der Waals surface area contributed by atoms with Gasteiger partial charge >= 0.3 is 0 Å². The second-order valence-electron chi connectivity index (χ2n) is 10.1. The Morgan fingerprint density at radius 1 is 1.07 bits per heavy atom. The largest absolute Gasteiger partial charge is 0.289 e. The summed E-state index contributed by atoms with van der Waals surface area (Å²) in [5.74, 6) is 0.672. The molecule has 158 valence electrons. The van der Waals surface area contributed by atoms with Crippen molar-refractivity contribution in [2.45, 2.75) is 54.9 Å². The topological polar surface area (TPSA) is 41.8 Å². The number of nitrogens with zero attached hydrogens (tertiary/aromatic N) is 2. The van der Waals surface area contributed by atoms with Crippen LogP contribution < -0.4 is 0 Å². The van der Waals surface area contributed by atoms with E-state index in [1.165, 1.54) is 0 Å². The summed E-state index contributed by atoms with van der Waals surface area (Å²) in [6.07, 6.45) is 11.3. The van der Waals surface area contributed by atoms with Gasteiger partial charge in [-0.3, -0.25) is 4.79 Å². The second-order valence-corrected chi connectivity index (χ2v) is 11.1. The summed E-state index contributed by atoms with van der Waals surface area (Å²) in [6.45, 7) is 14.7. The molecule has 0 spiro atoms. The number of thiophene rings is 1. The van der Waals surface area contributed by atoms with E-state index in [4.69, 9.17) is 5.11 Å². The third-order valence-electron chi connectivity index (χ3n) is 5.29. The molecule has 0 aromatic carbocycles. The van der Waals surface area contributed by atoms with Gasteiger partial charge in [-0.25, -0.2) is 0 Å². The van der Waals surface area contributed by atoms with E-state index in [1.54, 1.807) is 11.3 Å². The zero-order valence-electron chi connectivity index (χ0n) is 19.1. The maximum absolute atomic E-state index is 13.3. The van der Waals surface area contributed by atoms with Gasteiger partial charge in [0.05, 0.1) is 10.6 Å². The molecule has 30 heavy (non-hydrogen) atoms. The van der Waals surface area contributed by atoms with Crippen molar-refractivity contribution in [2.24, 2.45) is 27.0 Å². The van der Waals surface area contributed by atoms with E-state index in [1.807, 2.05) is 29.7 Å². The van der Waals surface area contributed by atoms with Crippen molar-refractivity contribution in [2.75, 3.05) is 0 Å². The van der Waals surface area contributed by atoms with Gasteiger partial charge in [-0.2, -0.15) is 5.11 Å². The highest BCUT2D eigenvalue weighted by Crippen LogP contribution is 2.41. The number of ketones is 1. The molecule has 0 aliphatic heterocycles. The summed E-state index contributed by atoms with van der Waals surface area (Å²) in [5.41, 5.74) is 3.78. The first-order valence-electron chi connectivity index (χ1n) is 10.5. The minimum absolute atomic E-state index is 0.133. The summed E-state index contributed by atoms with van der Waals surface area (Å²) < 4.78 is 0. The van der Waals surface area contributed by atoms with Crippen LogP contribution in [0.5, 0.6) is 0 Å². The SMILES string of the molecule is CC1C=CC(N=NC(=C2C=C(C(C)(C)C)C(=O)C(C(C)(C)C)=C2)c2cccs2)=CC1. The fourth-order valence-electron chi connectivity index (χ4n) is 3.44. The van der Waals surface area contributed by atoms with Gasteiger partial charge in [0.25, 0.3) is 0 Å². The Bertz CT molecular complexity index is 964. The molecule has 2 aliphatic carbocycles. The van der Waals surface area contributed by atoms with Gasteiger partial charge in [-0.1, -0.05) is 66.7 Å². The molecule has 1 aromatic rings. The molecular weight excluding hydrogens is 388 g/mol. The highest BCUT2D eigenvalue weighted by atomic mass is 32.1. The molecule has 0 N–H and O–H groups in total. The Morgan fingerprint density at radius 3 is 2.17 bits per heavy atom. The van der Waals surface area contributed by atoms with Gasteiger partial charge in [-0.05, 0) is 52.8 Å². The fraction of sp³-hybridized carbons (Fsp3) is 0.423. The highest BCUT2D eigenvalue weighted by molar-refractivity contribution is 7.11. The number of rotatable bonds is 3. The lowest BCUT2D eigenvalue weighted by Gasteiger charge is -2.31. The van der Waals surface area contributed by atoms with E-state index in [0.29, 0.717) is 5.92 Å². The molecule has 0 saturated carbocycles. The minimum Gasteiger partial charge on any atom is -0.289 e. The summed E-state index contributed by atoms with van der Waals surface area (Å²) in [4.78, 5) is 14.3. The lowest BCUT2D eigenvalue weighted by atomic mass is 9.71. The number of carbonyl (C=O) groups is 1. The summed E-state index contributed by atoms with van der Waals surface area (Å²) >= 11 is 1.64. The summed E-state index contributed by atoms with van der Waals surface area (Å²) in [5, 5.41) is 11.3. The third kappa shape index (κ3) is 5.04. The zero-order chi connectivity index (χ0) is 22.1. The minimum atomic E-state index is -0.254. The molecule has 1 aromatic heterocycles. The Hall–Kier alpha value is -2.33. The predicted octanol–water partition coefficient (Wildman–Crippen LogP) is 7.92. The molecule has 3 nitrogen and oxygen atoms in total. The van der Waals surface area contributed by atoms with Gasteiger partial charge in [0.1, 0.15) is 5.70 Å². The molecule has 3 rings (SSSR count). The van der Waals surface area contributed by atoms with Crippen molar-refractivity contribution >= 4 is 22.8 Å². The maximum atomic E-state index is 13.3. The van der Waals surface area contributed by atoms with E-state index in [9.17, 15) is 4.79 Å². The quantitative estimate of drug-likeness (QED) is 0.458. The fourth-order valence-corrected chi connectivity index (χ4v) is 4.17. The highest BCUT2D eigenvalue weighted by Gasteiger charge is 2.34. The first-order valence-corrected chi connectivity index (χ1v) is 11.4. The number of hydrogen-bond donors (Lipinski definition) is 0. The molecule has 4 heteroatoms. The van der Waals surface area contributed by atoms with E-state index in [0.717, 1.165) is 39.4 Å². The van der Waals surface area contributed by atoms with Gasteiger partial charge in [0.2, 0.25) is 0 Å². The van der Waals surface area contributed by atoms with Crippen LogP contribution in [-0.2, 0) is 4.79 Å². The average Bonchev–Trinajstić information content (AvgIpc) is 3.17. The number of hydrogen-bond acceptors (Lipinski definition) is 4. The van der Waals surface area contributed by atoms with Crippen molar-refractivity contribution in [3.63, 3.8) is 0 Å².